The molecule has 1 aromatic rings. The highest BCUT2D eigenvalue weighted by Crippen LogP contribution is 2.29. The Bertz CT molecular complexity index is 347. The Labute approximate surface area is 104 Å². The fourth-order valence-electron chi connectivity index (χ4n) is 2.85. The van der Waals surface area contributed by atoms with Crippen molar-refractivity contribution in [2.75, 3.05) is 13.1 Å². The summed E-state index contributed by atoms with van der Waals surface area (Å²) in [5, 5.41) is 0. The number of nitrogens with zero attached hydrogens (tertiary/aromatic N) is 2. The van der Waals surface area contributed by atoms with Gasteiger partial charge < -0.3 is 5.73 Å². The molecule has 0 saturated carbocycles. The number of pyridine rings is 1. The molecule has 94 valence electrons. The first-order valence-electron chi connectivity index (χ1n) is 6.64. The van der Waals surface area contributed by atoms with Crippen molar-refractivity contribution in [3.8, 4) is 0 Å². The maximum atomic E-state index is 5.97. The SMILES string of the molecule is CCC1CCCN1C(CN)c1ccc(C)nc1. The van der Waals surface area contributed by atoms with Crippen LogP contribution in [0.25, 0.3) is 0 Å². The van der Waals surface area contributed by atoms with E-state index in [4.69, 9.17) is 5.73 Å². The molecule has 2 N–H and O–H groups in total. The Morgan fingerprint density at radius 3 is 2.94 bits per heavy atom. The van der Waals surface area contributed by atoms with E-state index < -0.39 is 0 Å². The molecule has 0 radical (unpaired) electrons. The molecule has 2 rings (SSSR count). The van der Waals surface area contributed by atoms with Crippen LogP contribution in [-0.4, -0.2) is 29.0 Å². The third kappa shape index (κ3) is 2.67. The Hall–Kier alpha value is -0.930. The van der Waals surface area contributed by atoms with Gasteiger partial charge in [-0.1, -0.05) is 13.0 Å². The van der Waals surface area contributed by atoms with Crippen molar-refractivity contribution in [3.05, 3.63) is 29.6 Å². The molecular formula is C14H23N3. The van der Waals surface area contributed by atoms with E-state index in [1.807, 2.05) is 13.1 Å². The molecule has 3 heteroatoms. The summed E-state index contributed by atoms with van der Waals surface area (Å²) in [5.74, 6) is 0. The molecule has 0 aromatic carbocycles. The summed E-state index contributed by atoms with van der Waals surface area (Å²) in [5.41, 5.74) is 8.30. The van der Waals surface area contributed by atoms with Crippen LogP contribution in [0.2, 0.25) is 0 Å². The van der Waals surface area contributed by atoms with Crippen molar-refractivity contribution in [2.24, 2.45) is 5.73 Å². The number of nitrogens with two attached hydrogens (primary N) is 1. The molecule has 17 heavy (non-hydrogen) atoms. The highest BCUT2D eigenvalue weighted by atomic mass is 15.2. The van der Waals surface area contributed by atoms with Crippen molar-refractivity contribution >= 4 is 0 Å². The molecule has 0 bridgehead atoms. The van der Waals surface area contributed by atoms with Crippen molar-refractivity contribution in [2.45, 2.75) is 45.2 Å². The predicted octanol–water partition coefficient (Wildman–Crippen LogP) is 2.26. The second-order valence-electron chi connectivity index (χ2n) is 4.93. The zero-order valence-corrected chi connectivity index (χ0v) is 10.9. The average molecular weight is 233 g/mol. The van der Waals surface area contributed by atoms with E-state index in [1.54, 1.807) is 0 Å². The van der Waals surface area contributed by atoms with Gasteiger partial charge in [-0.25, -0.2) is 0 Å². The van der Waals surface area contributed by atoms with Gasteiger partial charge in [-0.3, -0.25) is 9.88 Å². The minimum absolute atomic E-state index is 0.343. The highest BCUT2D eigenvalue weighted by molar-refractivity contribution is 5.18. The lowest BCUT2D eigenvalue weighted by atomic mass is 10.0. The quantitative estimate of drug-likeness (QED) is 0.867. The lowest BCUT2D eigenvalue weighted by molar-refractivity contribution is 0.180. The molecule has 0 amide bonds. The number of likely N-dealkylation sites (tertiary alicyclic amines) is 1. The van der Waals surface area contributed by atoms with E-state index in [1.165, 1.54) is 31.4 Å². The van der Waals surface area contributed by atoms with Crippen LogP contribution >= 0.6 is 0 Å². The molecule has 2 atom stereocenters. The van der Waals surface area contributed by atoms with E-state index in [0.29, 0.717) is 18.6 Å². The van der Waals surface area contributed by atoms with Crippen LogP contribution < -0.4 is 5.73 Å². The molecule has 0 spiro atoms. The van der Waals surface area contributed by atoms with Crippen LogP contribution in [-0.2, 0) is 0 Å². The van der Waals surface area contributed by atoms with Gasteiger partial charge in [0.2, 0.25) is 0 Å². The molecule has 1 aliphatic rings. The van der Waals surface area contributed by atoms with Gasteiger partial charge >= 0.3 is 0 Å². The van der Waals surface area contributed by atoms with Gasteiger partial charge in [0.05, 0.1) is 0 Å². The number of rotatable bonds is 4. The van der Waals surface area contributed by atoms with Gasteiger partial charge in [0.15, 0.2) is 0 Å². The van der Waals surface area contributed by atoms with Crippen LogP contribution in [0, 0.1) is 6.92 Å². The maximum Gasteiger partial charge on any atom is 0.0488 e. The summed E-state index contributed by atoms with van der Waals surface area (Å²) in [7, 11) is 0. The summed E-state index contributed by atoms with van der Waals surface area (Å²) in [6.45, 7) is 6.14. The Morgan fingerprint density at radius 1 is 1.53 bits per heavy atom. The van der Waals surface area contributed by atoms with E-state index >= 15 is 0 Å². The van der Waals surface area contributed by atoms with Crippen molar-refractivity contribution in [3.63, 3.8) is 0 Å². The first-order valence-corrected chi connectivity index (χ1v) is 6.64. The minimum Gasteiger partial charge on any atom is -0.329 e. The van der Waals surface area contributed by atoms with Gasteiger partial charge in [-0.2, -0.15) is 0 Å². The predicted molar refractivity (Wildman–Crippen MR) is 70.8 cm³/mol. The number of hydrogen-bond acceptors (Lipinski definition) is 3. The van der Waals surface area contributed by atoms with Crippen molar-refractivity contribution in [1.29, 1.82) is 0 Å². The molecule has 1 aromatic heterocycles. The van der Waals surface area contributed by atoms with E-state index in [9.17, 15) is 0 Å². The van der Waals surface area contributed by atoms with Crippen LogP contribution in [0.4, 0.5) is 0 Å². The zero-order chi connectivity index (χ0) is 12.3. The molecule has 3 nitrogen and oxygen atoms in total. The zero-order valence-electron chi connectivity index (χ0n) is 10.9. The van der Waals surface area contributed by atoms with Crippen molar-refractivity contribution < 1.29 is 0 Å². The number of aromatic nitrogens is 1. The maximum absolute atomic E-state index is 5.97. The van der Waals surface area contributed by atoms with Gasteiger partial charge in [0.1, 0.15) is 0 Å². The topological polar surface area (TPSA) is 42.1 Å². The molecule has 0 aliphatic carbocycles. The van der Waals surface area contributed by atoms with E-state index in [-0.39, 0.29) is 0 Å². The monoisotopic (exact) mass is 233 g/mol. The second kappa shape index (κ2) is 5.61. The fourth-order valence-corrected chi connectivity index (χ4v) is 2.85. The van der Waals surface area contributed by atoms with Gasteiger partial charge in [-0.05, 0) is 44.4 Å². The van der Waals surface area contributed by atoms with Crippen LogP contribution in [0.5, 0.6) is 0 Å². The normalized spacial score (nSPS) is 22.9. The van der Waals surface area contributed by atoms with Gasteiger partial charge in [0.25, 0.3) is 0 Å². The Morgan fingerprint density at radius 2 is 2.35 bits per heavy atom. The molecule has 1 aliphatic heterocycles. The smallest absolute Gasteiger partial charge is 0.0488 e. The molecule has 2 unspecified atom stereocenters. The van der Waals surface area contributed by atoms with Crippen LogP contribution in [0.15, 0.2) is 18.3 Å². The van der Waals surface area contributed by atoms with Crippen LogP contribution in [0.1, 0.15) is 43.5 Å². The first-order chi connectivity index (χ1) is 8.26. The summed E-state index contributed by atoms with van der Waals surface area (Å²) < 4.78 is 0. The molecule has 1 fully saturated rings. The summed E-state index contributed by atoms with van der Waals surface area (Å²) in [6.07, 6.45) is 5.81. The van der Waals surface area contributed by atoms with E-state index in [2.05, 4.69) is 28.9 Å². The largest absolute Gasteiger partial charge is 0.329 e. The Balaban J connectivity index is 2.18. The summed E-state index contributed by atoms with van der Waals surface area (Å²) in [6, 6.07) is 5.29. The number of aryl methyl sites for hydroxylation is 1. The molecular weight excluding hydrogens is 210 g/mol. The second-order valence-corrected chi connectivity index (χ2v) is 4.93. The fraction of sp³-hybridized carbons (Fsp3) is 0.643. The van der Waals surface area contributed by atoms with Gasteiger partial charge in [0, 0.05) is 30.5 Å². The average Bonchev–Trinajstić information content (AvgIpc) is 2.81. The highest BCUT2D eigenvalue weighted by Gasteiger charge is 2.29. The summed E-state index contributed by atoms with van der Waals surface area (Å²) in [4.78, 5) is 6.95. The lowest BCUT2D eigenvalue weighted by Crippen LogP contribution is -2.37. The van der Waals surface area contributed by atoms with Crippen molar-refractivity contribution in [1.82, 2.24) is 9.88 Å². The van der Waals surface area contributed by atoms with Crippen LogP contribution in [0.3, 0.4) is 0 Å². The standard InChI is InChI=1S/C14H23N3/c1-3-13-5-4-8-17(13)14(9-15)12-7-6-11(2)16-10-12/h6-7,10,13-14H,3-5,8-9,15H2,1-2H3. The minimum atomic E-state index is 0.343. The lowest BCUT2D eigenvalue weighted by Gasteiger charge is -2.32. The molecule has 2 heterocycles. The number of hydrogen-bond donors (Lipinski definition) is 1. The summed E-state index contributed by atoms with van der Waals surface area (Å²) >= 11 is 0. The molecule has 1 saturated heterocycles. The van der Waals surface area contributed by atoms with E-state index in [0.717, 1.165) is 5.69 Å². The van der Waals surface area contributed by atoms with Gasteiger partial charge in [-0.15, -0.1) is 0 Å². The Kier molecular flexibility index (Phi) is 4.13. The third-order valence-electron chi connectivity index (χ3n) is 3.84. The first kappa shape index (κ1) is 12.5. The third-order valence-corrected chi connectivity index (χ3v) is 3.84.